The Balaban J connectivity index is 3.24. The number of benzene rings is 1. The van der Waals surface area contributed by atoms with Crippen LogP contribution in [0.25, 0.3) is 0 Å². The predicted molar refractivity (Wildman–Crippen MR) is 74.0 cm³/mol. The molecule has 0 unspecified atom stereocenters. The number of unbranched alkanes of at least 4 members (excludes halogenated alkanes) is 1. The van der Waals surface area contributed by atoms with Gasteiger partial charge in [0.05, 0.1) is 12.7 Å². The maximum absolute atomic E-state index is 12.2. The molecule has 0 saturated heterocycles. The molecule has 0 aliphatic heterocycles. The molecule has 0 radical (unpaired) electrons. The summed E-state index contributed by atoms with van der Waals surface area (Å²) in [6.07, 6.45) is 2.54. The Labute approximate surface area is 111 Å². The van der Waals surface area contributed by atoms with Crippen molar-refractivity contribution in [3.05, 3.63) is 27.2 Å². The Morgan fingerprint density at radius 1 is 1.41 bits per heavy atom. The predicted octanol–water partition coefficient (Wildman–Crippen LogP) is 4.45. The van der Waals surface area contributed by atoms with Crippen molar-refractivity contribution < 1.29 is 9.53 Å². The molecule has 94 valence electrons. The van der Waals surface area contributed by atoms with Gasteiger partial charge in [0.25, 0.3) is 0 Å². The Bertz CT molecular complexity index is 425. The molecule has 1 aromatic rings. The third-order valence-electron chi connectivity index (χ3n) is 2.90. The van der Waals surface area contributed by atoms with Crippen LogP contribution in [0.3, 0.4) is 0 Å². The van der Waals surface area contributed by atoms with Crippen molar-refractivity contribution in [3.63, 3.8) is 0 Å². The third-order valence-corrected chi connectivity index (χ3v) is 3.73. The zero-order valence-electron chi connectivity index (χ0n) is 10.9. The molecular formula is C14H19BrO2. The molecule has 0 heterocycles. The molecule has 1 aromatic carbocycles. The minimum atomic E-state index is 0.172. The van der Waals surface area contributed by atoms with Crippen LogP contribution in [0.15, 0.2) is 10.5 Å². The second kappa shape index (κ2) is 6.20. The maximum atomic E-state index is 12.2. The average molecular weight is 299 g/mol. The van der Waals surface area contributed by atoms with Crippen molar-refractivity contribution in [2.75, 3.05) is 7.11 Å². The summed E-state index contributed by atoms with van der Waals surface area (Å²) in [5, 5.41) is 0. The lowest BCUT2D eigenvalue weighted by atomic mass is 9.97. The van der Waals surface area contributed by atoms with E-state index in [0.29, 0.717) is 12.2 Å². The smallest absolute Gasteiger partial charge is 0.166 e. The first-order valence-electron chi connectivity index (χ1n) is 5.89. The summed E-state index contributed by atoms with van der Waals surface area (Å²) in [6.45, 7) is 5.99. The molecule has 0 amide bonds. The second-order valence-electron chi connectivity index (χ2n) is 4.24. The van der Waals surface area contributed by atoms with E-state index in [-0.39, 0.29) is 5.78 Å². The first-order valence-corrected chi connectivity index (χ1v) is 6.69. The largest absolute Gasteiger partial charge is 0.496 e. The van der Waals surface area contributed by atoms with Crippen molar-refractivity contribution in [2.45, 2.75) is 40.0 Å². The molecule has 0 atom stereocenters. The van der Waals surface area contributed by atoms with Crippen LogP contribution >= 0.6 is 15.9 Å². The molecule has 0 aromatic heterocycles. The van der Waals surface area contributed by atoms with E-state index in [1.807, 2.05) is 19.9 Å². The van der Waals surface area contributed by atoms with Crippen LogP contribution in [0.1, 0.15) is 47.7 Å². The fourth-order valence-electron chi connectivity index (χ4n) is 1.91. The lowest BCUT2D eigenvalue weighted by Crippen LogP contribution is -2.07. The Morgan fingerprint density at radius 3 is 2.59 bits per heavy atom. The standard InChI is InChI=1S/C14H19BrO2/c1-5-6-7-12(16)13-10(3)11(15)8-9(2)14(13)17-4/h8H,5-7H2,1-4H3. The first kappa shape index (κ1) is 14.2. The fraction of sp³-hybridized carbons (Fsp3) is 0.500. The second-order valence-corrected chi connectivity index (χ2v) is 5.09. The van der Waals surface area contributed by atoms with Crippen molar-refractivity contribution in [2.24, 2.45) is 0 Å². The van der Waals surface area contributed by atoms with Crippen molar-refractivity contribution >= 4 is 21.7 Å². The quantitative estimate of drug-likeness (QED) is 0.751. The van der Waals surface area contributed by atoms with Crippen LogP contribution in [-0.4, -0.2) is 12.9 Å². The lowest BCUT2D eigenvalue weighted by molar-refractivity contribution is 0.0976. The minimum Gasteiger partial charge on any atom is -0.496 e. The van der Waals surface area contributed by atoms with Gasteiger partial charge in [0.2, 0.25) is 0 Å². The van der Waals surface area contributed by atoms with Crippen LogP contribution in [0.2, 0.25) is 0 Å². The van der Waals surface area contributed by atoms with Gasteiger partial charge in [-0.25, -0.2) is 0 Å². The molecule has 3 heteroatoms. The number of aryl methyl sites for hydroxylation is 1. The van der Waals surface area contributed by atoms with E-state index in [1.165, 1.54) is 0 Å². The number of hydrogen-bond acceptors (Lipinski definition) is 2. The van der Waals surface area contributed by atoms with E-state index in [1.54, 1.807) is 7.11 Å². The van der Waals surface area contributed by atoms with Crippen LogP contribution in [0.5, 0.6) is 5.75 Å². The zero-order valence-corrected chi connectivity index (χ0v) is 12.5. The summed E-state index contributed by atoms with van der Waals surface area (Å²) in [7, 11) is 1.62. The van der Waals surface area contributed by atoms with Gasteiger partial charge >= 0.3 is 0 Å². The van der Waals surface area contributed by atoms with Crippen LogP contribution in [0.4, 0.5) is 0 Å². The van der Waals surface area contributed by atoms with Gasteiger partial charge in [-0.15, -0.1) is 0 Å². The highest BCUT2D eigenvalue weighted by Gasteiger charge is 2.18. The van der Waals surface area contributed by atoms with Crippen molar-refractivity contribution in [3.8, 4) is 5.75 Å². The van der Waals surface area contributed by atoms with Gasteiger partial charge < -0.3 is 4.74 Å². The molecule has 0 N–H and O–H groups in total. The average Bonchev–Trinajstić information content (AvgIpc) is 2.30. The summed E-state index contributed by atoms with van der Waals surface area (Å²) >= 11 is 3.49. The number of carbonyl (C=O) groups excluding carboxylic acids is 1. The normalized spacial score (nSPS) is 10.4. The summed E-state index contributed by atoms with van der Waals surface area (Å²) in [5.41, 5.74) is 2.69. The first-order chi connectivity index (χ1) is 8.02. The number of rotatable bonds is 5. The highest BCUT2D eigenvalue weighted by Crippen LogP contribution is 2.33. The highest BCUT2D eigenvalue weighted by atomic mass is 79.9. The third kappa shape index (κ3) is 3.09. The topological polar surface area (TPSA) is 26.3 Å². The number of ketones is 1. The number of Topliss-reactive ketones (excluding diaryl/α,β-unsaturated/α-hetero) is 1. The molecule has 1 rings (SSSR count). The van der Waals surface area contributed by atoms with E-state index in [9.17, 15) is 4.79 Å². The lowest BCUT2D eigenvalue weighted by Gasteiger charge is -2.15. The minimum absolute atomic E-state index is 0.172. The SMILES string of the molecule is CCCCC(=O)c1c(C)c(Br)cc(C)c1OC. The molecule has 0 fully saturated rings. The highest BCUT2D eigenvalue weighted by molar-refractivity contribution is 9.10. The Kier molecular flexibility index (Phi) is 5.19. The van der Waals surface area contributed by atoms with E-state index in [0.717, 1.165) is 34.0 Å². The van der Waals surface area contributed by atoms with Gasteiger partial charge in [-0.2, -0.15) is 0 Å². The Morgan fingerprint density at radius 2 is 2.06 bits per heavy atom. The van der Waals surface area contributed by atoms with E-state index >= 15 is 0 Å². The number of hydrogen-bond donors (Lipinski definition) is 0. The number of methoxy groups -OCH3 is 1. The monoisotopic (exact) mass is 298 g/mol. The van der Waals surface area contributed by atoms with Crippen LogP contribution in [0, 0.1) is 13.8 Å². The van der Waals surface area contributed by atoms with Gasteiger partial charge in [-0.1, -0.05) is 29.3 Å². The zero-order chi connectivity index (χ0) is 13.0. The Hall–Kier alpha value is -0.830. The maximum Gasteiger partial charge on any atom is 0.166 e. The number of halogens is 1. The molecule has 0 aliphatic rings. The van der Waals surface area contributed by atoms with Crippen molar-refractivity contribution in [1.29, 1.82) is 0 Å². The molecule has 0 spiro atoms. The van der Waals surface area contributed by atoms with Gasteiger partial charge in [-0.3, -0.25) is 4.79 Å². The number of carbonyl (C=O) groups is 1. The summed E-state index contributed by atoms with van der Waals surface area (Å²) in [6, 6.07) is 1.99. The van der Waals surface area contributed by atoms with E-state index < -0.39 is 0 Å². The molecule has 0 bridgehead atoms. The van der Waals surface area contributed by atoms with E-state index in [4.69, 9.17) is 4.74 Å². The molecular weight excluding hydrogens is 280 g/mol. The molecule has 0 saturated carbocycles. The summed E-state index contributed by atoms with van der Waals surface area (Å²) < 4.78 is 6.34. The van der Waals surface area contributed by atoms with Crippen LogP contribution in [-0.2, 0) is 0 Å². The molecule has 17 heavy (non-hydrogen) atoms. The van der Waals surface area contributed by atoms with Gasteiger partial charge in [0, 0.05) is 10.9 Å². The van der Waals surface area contributed by atoms with Gasteiger partial charge in [0.1, 0.15) is 5.75 Å². The molecule has 0 aliphatic carbocycles. The number of ether oxygens (including phenoxy) is 1. The molecule has 2 nitrogen and oxygen atoms in total. The van der Waals surface area contributed by atoms with Crippen LogP contribution < -0.4 is 4.74 Å². The summed E-state index contributed by atoms with van der Waals surface area (Å²) in [5.74, 6) is 0.886. The van der Waals surface area contributed by atoms with Gasteiger partial charge in [0.15, 0.2) is 5.78 Å². The van der Waals surface area contributed by atoms with E-state index in [2.05, 4.69) is 22.9 Å². The van der Waals surface area contributed by atoms with Gasteiger partial charge in [-0.05, 0) is 37.5 Å². The fourth-order valence-corrected chi connectivity index (χ4v) is 2.45. The van der Waals surface area contributed by atoms with Crippen molar-refractivity contribution in [1.82, 2.24) is 0 Å². The summed E-state index contributed by atoms with van der Waals surface area (Å²) in [4.78, 5) is 12.2.